The molecule has 1 aliphatic heterocycles. The standard InChI is InChI=1S/C11H14N4OS2/c1-6-8(11(12-2)18-15-6)10-13-9(14-16-10)7-4-3-5-17-7/h7,12H,3-5H2,1-2H3. The number of thioether (sulfide) groups is 1. The van der Waals surface area contributed by atoms with E-state index in [4.69, 9.17) is 4.52 Å². The molecule has 96 valence electrons. The predicted octanol–water partition coefficient (Wildman–Crippen LogP) is 3.11. The molecule has 2 aromatic heterocycles. The topological polar surface area (TPSA) is 63.8 Å². The van der Waals surface area contributed by atoms with Crippen molar-refractivity contribution in [3.63, 3.8) is 0 Å². The maximum Gasteiger partial charge on any atom is 0.262 e. The lowest BCUT2D eigenvalue weighted by Crippen LogP contribution is -1.92. The van der Waals surface area contributed by atoms with Gasteiger partial charge in [-0.25, -0.2) is 0 Å². The summed E-state index contributed by atoms with van der Waals surface area (Å²) < 4.78 is 9.71. The van der Waals surface area contributed by atoms with E-state index in [1.807, 2.05) is 25.7 Å². The van der Waals surface area contributed by atoms with Gasteiger partial charge in [-0.05, 0) is 37.1 Å². The summed E-state index contributed by atoms with van der Waals surface area (Å²) >= 11 is 3.32. The molecular formula is C11H14N4OS2. The lowest BCUT2D eigenvalue weighted by atomic mass is 10.2. The van der Waals surface area contributed by atoms with E-state index >= 15 is 0 Å². The van der Waals surface area contributed by atoms with Gasteiger partial charge in [-0.3, -0.25) is 0 Å². The third-order valence-corrected chi connectivity index (χ3v) is 5.29. The van der Waals surface area contributed by atoms with Gasteiger partial charge in [0, 0.05) is 7.05 Å². The van der Waals surface area contributed by atoms with Gasteiger partial charge in [0.05, 0.1) is 16.5 Å². The van der Waals surface area contributed by atoms with Crippen molar-refractivity contribution in [3.05, 3.63) is 11.5 Å². The molecule has 0 amide bonds. The number of aromatic nitrogens is 3. The Hall–Kier alpha value is -1.08. The number of hydrogen-bond acceptors (Lipinski definition) is 7. The first-order valence-corrected chi connectivity index (χ1v) is 7.71. The molecule has 18 heavy (non-hydrogen) atoms. The zero-order valence-electron chi connectivity index (χ0n) is 10.3. The second-order valence-corrected chi connectivity index (χ2v) is 6.27. The molecule has 0 bridgehead atoms. The summed E-state index contributed by atoms with van der Waals surface area (Å²) in [4.78, 5) is 4.53. The molecule has 2 aromatic rings. The lowest BCUT2D eigenvalue weighted by molar-refractivity contribution is 0.421. The molecular weight excluding hydrogens is 268 g/mol. The van der Waals surface area contributed by atoms with Gasteiger partial charge in [0.1, 0.15) is 5.00 Å². The number of hydrogen-bond donors (Lipinski definition) is 1. The van der Waals surface area contributed by atoms with Crippen molar-refractivity contribution < 1.29 is 4.52 Å². The first-order valence-electron chi connectivity index (χ1n) is 5.89. The van der Waals surface area contributed by atoms with Gasteiger partial charge in [0.15, 0.2) is 5.82 Å². The van der Waals surface area contributed by atoms with Crippen LogP contribution >= 0.6 is 23.3 Å². The van der Waals surface area contributed by atoms with Crippen LogP contribution in [0.3, 0.4) is 0 Å². The van der Waals surface area contributed by atoms with Crippen LogP contribution in [0.5, 0.6) is 0 Å². The molecule has 1 saturated heterocycles. The van der Waals surface area contributed by atoms with Crippen molar-refractivity contribution in [2.45, 2.75) is 25.0 Å². The number of nitrogens with zero attached hydrogens (tertiary/aromatic N) is 3. The zero-order valence-corrected chi connectivity index (χ0v) is 11.9. The van der Waals surface area contributed by atoms with E-state index in [0.29, 0.717) is 11.1 Å². The summed E-state index contributed by atoms with van der Waals surface area (Å²) in [5.41, 5.74) is 1.86. The predicted molar refractivity (Wildman–Crippen MR) is 74.1 cm³/mol. The Labute approximate surface area is 114 Å². The Bertz CT molecular complexity index is 545. The number of anilines is 1. The fourth-order valence-electron chi connectivity index (χ4n) is 2.04. The first-order chi connectivity index (χ1) is 8.79. The molecule has 7 heteroatoms. The average molecular weight is 282 g/mol. The highest BCUT2D eigenvalue weighted by Crippen LogP contribution is 2.40. The van der Waals surface area contributed by atoms with Crippen molar-refractivity contribution in [1.82, 2.24) is 14.5 Å². The minimum absolute atomic E-state index is 0.396. The van der Waals surface area contributed by atoms with Crippen LogP contribution in [-0.4, -0.2) is 27.3 Å². The van der Waals surface area contributed by atoms with E-state index in [-0.39, 0.29) is 0 Å². The fourth-order valence-corrected chi connectivity index (χ4v) is 3.97. The van der Waals surface area contributed by atoms with Gasteiger partial charge >= 0.3 is 0 Å². The molecule has 0 aliphatic carbocycles. The molecule has 1 N–H and O–H groups in total. The second-order valence-electron chi connectivity index (χ2n) is 4.18. The molecule has 0 saturated carbocycles. The molecule has 1 fully saturated rings. The Kier molecular flexibility index (Phi) is 3.25. The van der Waals surface area contributed by atoms with E-state index in [1.54, 1.807) is 0 Å². The van der Waals surface area contributed by atoms with Gasteiger partial charge in [-0.15, -0.1) is 0 Å². The van der Waals surface area contributed by atoms with Crippen molar-refractivity contribution in [2.24, 2.45) is 0 Å². The van der Waals surface area contributed by atoms with Crippen LogP contribution in [0.1, 0.15) is 29.6 Å². The maximum absolute atomic E-state index is 5.40. The molecule has 1 unspecified atom stereocenters. The largest absolute Gasteiger partial charge is 0.378 e. The third kappa shape index (κ3) is 2.01. The van der Waals surface area contributed by atoms with Crippen LogP contribution in [0.4, 0.5) is 5.00 Å². The second kappa shape index (κ2) is 4.89. The van der Waals surface area contributed by atoms with Crippen LogP contribution in [0.25, 0.3) is 11.5 Å². The Morgan fingerprint density at radius 2 is 2.33 bits per heavy atom. The molecule has 3 rings (SSSR count). The molecule has 5 nitrogen and oxygen atoms in total. The minimum Gasteiger partial charge on any atom is -0.378 e. The van der Waals surface area contributed by atoms with Gasteiger partial charge in [-0.1, -0.05) is 5.16 Å². The number of nitrogens with one attached hydrogen (secondary N) is 1. The number of aryl methyl sites for hydroxylation is 1. The maximum atomic E-state index is 5.40. The minimum atomic E-state index is 0.396. The van der Waals surface area contributed by atoms with E-state index in [2.05, 4.69) is 19.8 Å². The van der Waals surface area contributed by atoms with Crippen molar-refractivity contribution in [3.8, 4) is 11.5 Å². The van der Waals surface area contributed by atoms with Gasteiger partial charge in [-0.2, -0.15) is 21.1 Å². The third-order valence-electron chi connectivity index (χ3n) is 2.96. The molecule has 0 aromatic carbocycles. The van der Waals surface area contributed by atoms with Crippen LogP contribution in [0, 0.1) is 6.92 Å². The van der Waals surface area contributed by atoms with Gasteiger partial charge < -0.3 is 9.84 Å². The summed E-state index contributed by atoms with van der Waals surface area (Å²) in [6, 6.07) is 0. The van der Waals surface area contributed by atoms with Gasteiger partial charge in [0.25, 0.3) is 5.89 Å². The Morgan fingerprint density at radius 3 is 3.06 bits per heavy atom. The van der Waals surface area contributed by atoms with Crippen LogP contribution < -0.4 is 5.32 Å². The first kappa shape index (κ1) is 12.0. The van der Waals surface area contributed by atoms with E-state index in [1.165, 1.54) is 23.7 Å². The van der Waals surface area contributed by atoms with E-state index in [9.17, 15) is 0 Å². The highest BCUT2D eigenvalue weighted by Gasteiger charge is 2.25. The van der Waals surface area contributed by atoms with E-state index < -0.39 is 0 Å². The Balaban J connectivity index is 1.94. The smallest absolute Gasteiger partial charge is 0.262 e. The fraction of sp³-hybridized carbons (Fsp3) is 0.545. The Morgan fingerprint density at radius 1 is 1.44 bits per heavy atom. The van der Waals surface area contributed by atoms with Gasteiger partial charge in [0.2, 0.25) is 0 Å². The molecule has 1 aliphatic rings. The van der Waals surface area contributed by atoms with E-state index in [0.717, 1.165) is 28.5 Å². The summed E-state index contributed by atoms with van der Waals surface area (Å²) in [6.45, 7) is 1.96. The summed E-state index contributed by atoms with van der Waals surface area (Å²) in [6.07, 6.45) is 2.38. The SMILES string of the molecule is CNc1snc(C)c1-c1nc(C2CCCS2)no1. The lowest BCUT2D eigenvalue weighted by Gasteiger charge is -1.99. The van der Waals surface area contributed by atoms with Crippen LogP contribution in [0.2, 0.25) is 0 Å². The molecule has 3 heterocycles. The summed E-state index contributed by atoms with van der Waals surface area (Å²) in [5.74, 6) is 2.59. The van der Waals surface area contributed by atoms with Crippen molar-refractivity contribution >= 4 is 28.3 Å². The zero-order chi connectivity index (χ0) is 12.5. The van der Waals surface area contributed by atoms with Crippen LogP contribution in [-0.2, 0) is 0 Å². The van der Waals surface area contributed by atoms with Crippen molar-refractivity contribution in [2.75, 3.05) is 18.1 Å². The summed E-state index contributed by atoms with van der Waals surface area (Å²) in [7, 11) is 1.88. The molecule has 0 radical (unpaired) electrons. The highest BCUT2D eigenvalue weighted by atomic mass is 32.2. The number of rotatable bonds is 3. The normalized spacial score (nSPS) is 19.3. The average Bonchev–Trinajstić information content (AvgIpc) is 3.07. The summed E-state index contributed by atoms with van der Waals surface area (Å²) in [5, 5.41) is 8.60. The monoisotopic (exact) mass is 282 g/mol. The molecule has 1 atom stereocenters. The van der Waals surface area contributed by atoms with Crippen LogP contribution in [0.15, 0.2) is 4.52 Å². The molecule has 0 spiro atoms. The quantitative estimate of drug-likeness (QED) is 0.933. The van der Waals surface area contributed by atoms with Crippen molar-refractivity contribution in [1.29, 1.82) is 0 Å². The highest BCUT2D eigenvalue weighted by molar-refractivity contribution is 7.99.